The molecule has 0 aliphatic rings. The zero-order chi connectivity index (χ0) is 12.1. The lowest BCUT2D eigenvalue weighted by atomic mass is 10.1. The molecule has 88 valence electrons. The summed E-state index contributed by atoms with van der Waals surface area (Å²) in [6.45, 7) is 2.06. The van der Waals surface area contributed by atoms with E-state index in [0.29, 0.717) is 0 Å². The van der Waals surface area contributed by atoms with Crippen LogP contribution in [0, 0.1) is 0 Å². The van der Waals surface area contributed by atoms with E-state index >= 15 is 0 Å². The van der Waals surface area contributed by atoms with Gasteiger partial charge in [0.25, 0.3) is 0 Å². The minimum Gasteiger partial charge on any atom is -0.323 e. The van der Waals surface area contributed by atoms with Gasteiger partial charge in [-0.3, -0.25) is 9.97 Å². The van der Waals surface area contributed by atoms with Crippen LogP contribution in [0.4, 0.5) is 0 Å². The van der Waals surface area contributed by atoms with Gasteiger partial charge >= 0.3 is 0 Å². The highest BCUT2D eigenvalue weighted by Gasteiger charge is 2.04. The fraction of sp³-hybridized carbons (Fsp3) is 0.231. The molecule has 3 nitrogen and oxygen atoms in total. The van der Waals surface area contributed by atoms with Crippen LogP contribution in [0.2, 0.25) is 0 Å². The third-order valence-electron chi connectivity index (χ3n) is 2.46. The van der Waals surface area contributed by atoms with Crippen molar-refractivity contribution in [2.45, 2.75) is 29.2 Å². The summed E-state index contributed by atoms with van der Waals surface area (Å²) in [4.78, 5) is 10.6. The minimum absolute atomic E-state index is 0.0370. The average molecular weight is 245 g/mol. The van der Waals surface area contributed by atoms with Crippen LogP contribution in [-0.2, 0) is 0 Å². The molecule has 0 aromatic carbocycles. The minimum atomic E-state index is 0.0370. The lowest BCUT2D eigenvalue weighted by molar-refractivity contribution is 0.674. The summed E-state index contributed by atoms with van der Waals surface area (Å²) in [7, 11) is 0. The first kappa shape index (κ1) is 12.1. The largest absolute Gasteiger partial charge is 0.323 e. The van der Waals surface area contributed by atoms with Crippen LogP contribution in [0.1, 0.15) is 25.1 Å². The number of rotatable bonds is 4. The van der Waals surface area contributed by atoms with Crippen LogP contribution in [0.5, 0.6) is 0 Å². The van der Waals surface area contributed by atoms with E-state index in [9.17, 15) is 0 Å². The Morgan fingerprint density at radius 2 is 1.94 bits per heavy atom. The predicted molar refractivity (Wildman–Crippen MR) is 69.8 cm³/mol. The topological polar surface area (TPSA) is 51.8 Å². The molecule has 0 saturated heterocycles. The van der Waals surface area contributed by atoms with Gasteiger partial charge in [0.05, 0.1) is 5.69 Å². The van der Waals surface area contributed by atoms with Gasteiger partial charge < -0.3 is 5.73 Å². The SMILES string of the molecule is CC[C@@H](N)c1ccc(Sc2ccncc2)cn1. The molecule has 4 heteroatoms. The lowest BCUT2D eigenvalue weighted by Gasteiger charge is -2.08. The third kappa shape index (κ3) is 3.28. The Labute approximate surface area is 105 Å². The molecule has 2 aromatic rings. The van der Waals surface area contributed by atoms with Crippen LogP contribution < -0.4 is 5.73 Å². The second-order valence-electron chi connectivity index (χ2n) is 3.72. The van der Waals surface area contributed by atoms with Crippen LogP contribution in [-0.4, -0.2) is 9.97 Å². The molecule has 0 saturated carbocycles. The Bertz CT molecular complexity index is 456. The van der Waals surface area contributed by atoms with Crippen molar-refractivity contribution >= 4 is 11.8 Å². The van der Waals surface area contributed by atoms with Gasteiger partial charge in [-0.05, 0) is 30.7 Å². The Hall–Kier alpha value is -1.39. The van der Waals surface area contributed by atoms with Crippen molar-refractivity contribution in [3.05, 3.63) is 48.5 Å². The van der Waals surface area contributed by atoms with Gasteiger partial charge in [0.2, 0.25) is 0 Å². The Kier molecular flexibility index (Phi) is 4.12. The van der Waals surface area contributed by atoms with Crippen molar-refractivity contribution in [1.82, 2.24) is 9.97 Å². The van der Waals surface area contributed by atoms with Gasteiger partial charge in [-0.1, -0.05) is 18.7 Å². The Morgan fingerprint density at radius 1 is 1.18 bits per heavy atom. The molecule has 0 fully saturated rings. The number of nitrogens with two attached hydrogens (primary N) is 1. The monoisotopic (exact) mass is 245 g/mol. The molecular weight excluding hydrogens is 230 g/mol. The van der Waals surface area contributed by atoms with Crippen molar-refractivity contribution < 1.29 is 0 Å². The zero-order valence-corrected chi connectivity index (χ0v) is 10.5. The van der Waals surface area contributed by atoms with E-state index in [1.54, 1.807) is 24.2 Å². The smallest absolute Gasteiger partial charge is 0.0571 e. The van der Waals surface area contributed by atoms with Gasteiger partial charge in [0.1, 0.15) is 0 Å². The van der Waals surface area contributed by atoms with E-state index in [2.05, 4.69) is 23.0 Å². The molecule has 0 radical (unpaired) electrons. The molecule has 0 amide bonds. The molecule has 1 atom stereocenters. The maximum atomic E-state index is 5.92. The maximum absolute atomic E-state index is 5.92. The van der Waals surface area contributed by atoms with Gasteiger partial charge in [0, 0.05) is 34.4 Å². The third-order valence-corrected chi connectivity index (χ3v) is 3.45. The van der Waals surface area contributed by atoms with E-state index < -0.39 is 0 Å². The van der Waals surface area contributed by atoms with E-state index in [1.165, 1.54) is 0 Å². The highest BCUT2D eigenvalue weighted by molar-refractivity contribution is 7.99. The van der Waals surface area contributed by atoms with Crippen LogP contribution in [0.25, 0.3) is 0 Å². The Balaban J connectivity index is 2.08. The average Bonchev–Trinajstić information content (AvgIpc) is 2.40. The fourth-order valence-electron chi connectivity index (χ4n) is 1.42. The van der Waals surface area contributed by atoms with E-state index in [1.807, 2.05) is 24.4 Å². The second kappa shape index (κ2) is 5.80. The van der Waals surface area contributed by atoms with E-state index in [-0.39, 0.29) is 6.04 Å². The number of nitrogens with zero attached hydrogens (tertiary/aromatic N) is 2. The summed E-state index contributed by atoms with van der Waals surface area (Å²) in [5.41, 5.74) is 6.87. The van der Waals surface area contributed by atoms with E-state index in [0.717, 1.165) is 21.9 Å². The van der Waals surface area contributed by atoms with Crippen LogP contribution in [0.3, 0.4) is 0 Å². The van der Waals surface area contributed by atoms with Crippen LogP contribution >= 0.6 is 11.8 Å². The highest BCUT2D eigenvalue weighted by atomic mass is 32.2. The molecule has 2 heterocycles. The van der Waals surface area contributed by atoms with Crippen LogP contribution in [0.15, 0.2) is 52.6 Å². The standard InChI is InChI=1S/C13H15N3S/c1-2-12(14)13-4-3-11(9-16-13)17-10-5-7-15-8-6-10/h3-9,12H,2,14H2,1H3/t12-/m1/s1. The molecule has 0 unspecified atom stereocenters. The van der Waals surface area contributed by atoms with Crippen molar-refractivity contribution in [2.75, 3.05) is 0 Å². The molecular formula is C13H15N3S. The molecule has 2 N–H and O–H groups in total. The molecule has 0 aliphatic carbocycles. The van der Waals surface area contributed by atoms with Crippen molar-refractivity contribution in [3.8, 4) is 0 Å². The quantitative estimate of drug-likeness (QED) is 0.899. The fourth-order valence-corrected chi connectivity index (χ4v) is 2.19. The number of aromatic nitrogens is 2. The van der Waals surface area contributed by atoms with Crippen molar-refractivity contribution in [1.29, 1.82) is 0 Å². The predicted octanol–water partition coefficient (Wildman–Crippen LogP) is 3.04. The molecule has 17 heavy (non-hydrogen) atoms. The van der Waals surface area contributed by atoms with Crippen molar-refractivity contribution in [2.24, 2.45) is 5.73 Å². The first-order valence-corrected chi connectivity index (χ1v) is 6.40. The summed E-state index contributed by atoms with van der Waals surface area (Å²) >= 11 is 1.67. The summed E-state index contributed by atoms with van der Waals surface area (Å²) in [5, 5.41) is 0. The van der Waals surface area contributed by atoms with Gasteiger partial charge in [-0.25, -0.2) is 0 Å². The molecule has 0 bridgehead atoms. The molecule has 0 spiro atoms. The molecule has 0 aliphatic heterocycles. The molecule has 2 rings (SSSR count). The summed E-state index contributed by atoms with van der Waals surface area (Å²) in [5.74, 6) is 0. The summed E-state index contributed by atoms with van der Waals surface area (Å²) < 4.78 is 0. The second-order valence-corrected chi connectivity index (χ2v) is 4.87. The first-order valence-electron chi connectivity index (χ1n) is 5.59. The number of pyridine rings is 2. The maximum Gasteiger partial charge on any atom is 0.0571 e. The van der Waals surface area contributed by atoms with Gasteiger partial charge in [-0.15, -0.1) is 0 Å². The normalized spacial score (nSPS) is 12.4. The Morgan fingerprint density at radius 3 is 2.53 bits per heavy atom. The number of hydrogen-bond acceptors (Lipinski definition) is 4. The molecule has 2 aromatic heterocycles. The highest BCUT2D eigenvalue weighted by Crippen LogP contribution is 2.26. The summed E-state index contributed by atoms with van der Waals surface area (Å²) in [6, 6.07) is 8.06. The van der Waals surface area contributed by atoms with Crippen molar-refractivity contribution in [3.63, 3.8) is 0 Å². The lowest BCUT2D eigenvalue weighted by Crippen LogP contribution is -2.10. The zero-order valence-electron chi connectivity index (χ0n) is 9.71. The number of hydrogen-bond donors (Lipinski definition) is 1. The van der Waals surface area contributed by atoms with E-state index in [4.69, 9.17) is 5.73 Å². The summed E-state index contributed by atoms with van der Waals surface area (Å²) in [6.07, 6.45) is 6.36. The van der Waals surface area contributed by atoms with Gasteiger partial charge in [0.15, 0.2) is 0 Å². The van der Waals surface area contributed by atoms with Gasteiger partial charge in [-0.2, -0.15) is 0 Å². The first-order chi connectivity index (χ1) is 8.29.